The molecular weight excluding hydrogens is 485 g/mol. The smallest absolute Gasteiger partial charge is 0.229 e. The van der Waals surface area contributed by atoms with Crippen LogP contribution in [0.3, 0.4) is 0 Å². The molecule has 0 amide bonds. The van der Waals surface area contributed by atoms with Gasteiger partial charge in [0.05, 0.1) is 0 Å². The molecule has 0 N–H and O–H groups in total. The summed E-state index contributed by atoms with van der Waals surface area (Å²) in [6.07, 6.45) is 3.56. The standard InChI is InChI=1S/C26H26FN3O5S/c1-5-6-22(33-19-10-7-17(8-11-19)25-28-26(16(2)3)35-30-25)23-13-12-21(29-34-23)18-9-14-24(20(27)15-18)36(4,31)32/h7-12,14-16,22H,5-6H2,1-4H3. The number of rotatable bonds is 9. The fourth-order valence-corrected chi connectivity index (χ4v) is 4.21. The van der Waals surface area contributed by atoms with Crippen molar-refractivity contribution in [1.29, 1.82) is 0 Å². The predicted molar refractivity (Wildman–Crippen MR) is 132 cm³/mol. The minimum Gasteiger partial charge on any atom is -0.482 e. The number of halogens is 1. The van der Waals surface area contributed by atoms with Crippen molar-refractivity contribution in [2.75, 3.05) is 6.26 Å². The second kappa shape index (κ2) is 10.5. The molecule has 0 bridgehead atoms. The Morgan fingerprint density at radius 1 is 1.11 bits per heavy atom. The van der Waals surface area contributed by atoms with E-state index in [-0.39, 0.29) is 10.8 Å². The molecule has 8 nitrogen and oxygen atoms in total. The molecule has 188 valence electrons. The van der Waals surface area contributed by atoms with E-state index in [1.165, 1.54) is 12.1 Å². The van der Waals surface area contributed by atoms with E-state index in [1.807, 2.05) is 45.0 Å². The Labute approximate surface area is 209 Å². The summed E-state index contributed by atoms with van der Waals surface area (Å²) in [5, 5.41) is 8.09. The third-order valence-electron chi connectivity index (χ3n) is 5.39. The van der Waals surface area contributed by atoms with Crippen LogP contribution < -0.4 is 4.74 Å². The van der Waals surface area contributed by atoms with Gasteiger partial charge in [-0.1, -0.05) is 49.3 Å². The van der Waals surface area contributed by atoms with Crippen molar-refractivity contribution in [2.45, 2.75) is 50.5 Å². The highest BCUT2D eigenvalue weighted by Gasteiger charge is 2.22. The molecule has 1 atom stereocenters. The lowest BCUT2D eigenvalue weighted by Crippen LogP contribution is -2.21. The van der Waals surface area contributed by atoms with E-state index in [0.29, 0.717) is 40.9 Å². The molecule has 0 saturated carbocycles. The van der Waals surface area contributed by atoms with Gasteiger partial charge < -0.3 is 14.1 Å². The first-order valence-electron chi connectivity index (χ1n) is 11.5. The molecule has 4 rings (SSSR count). The van der Waals surface area contributed by atoms with Crippen molar-refractivity contribution in [2.24, 2.45) is 5.16 Å². The van der Waals surface area contributed by atoms with Crippen LogP contribution in [0, 0.1) is 5.82 Å². The maximum atomic E-state index is 14.3. The lowest BCUT2D eigenvalue weighted by atomic mass is 10.1. The van der Waals surface area contributed by atoms with Gasteiger partial charge >= 0.3 is 0 Å². The normalized spacial score (nSPS) is 14.3. The van der Waals surface area contributed by atoms with Crippen LogP contribution in [0.15, 0.2) is 74.6 Å². The molecule has 0 fully saturated rings. The molecule has 10 heteroatoms. The van der Waals surface area contributed by atoms with Gasteiger partial charge in [0.15, 0.2) is 15.9 Å². The van der Waals surface area contributed by atoms with E-state index >= 15 is 0 Å². The SMILES string of the molecule is CCCC(Oc1ccc(-c2noc(C(C)C)n2)cc1)C1=C=CC(c2ccc(S(C)(=O)=O)c(F)c2)=NO1. The van der Waals surface area contributed by atoms with Crippen molar-refractivity contribution in [3.63, 3.8) is 0 Å². The largest absolute Gasteiger partial charge is 0.482 e. The summed E-state index contributed by atoms with van der Waals surface area (Å²) in [6, 6.07) is 11.1. The summed E-state index contributed by atoms with van der Waals surface area (Å²) in [6.45, 7) is 5.99. The number of hydrogen-bond acceptors (Lipinski definition) is 8. The number of sulfone groups is 1. The highest BCUT2D eigenvalue weighted by atomic mass is 32.2. The molecule has 0 spiro atoms. The average Bonchev–Trinajstić information content (AvgIpc) is 3.34. The molecule has 0 radical (unpaired) electrons. The number of nitrogens with zero attached hydrogens (tertiary/aromatic N) is 3. The van der Waals surface area contributed by atoms with Crippen LogP contribution in [0.25, 0.3) is 11.4 Å². The maximum absolute atomic E-state index is 14.3. The molecule has 2 heterocycles. The highest BCUT2D eigenvalue weighted by molar-refractivity contribution is 7.90. The molecule has 2 aromatic carbocycles. The molecule has 3 aromatic rings. The summed E-state index contributed by atoms with van der Waals surface area (Å²) >= 11 is 0. The Hall–Kier alpha value is -3.75. The van der Waals surface area contributed by atoms with Crippen molar-refractivity contribution in [3.05, 3.63) is 77.3 Å². The first-order valence-corrected chi connectivity index (χ1v) is 13.4. The molecule has 1 aliphatic heterocycles. The minimum atomic E-state index is -3.66. The Kier molecular flexibility index (Phi) is 7.37. The molecular formula is C26H26FN3O5S. The topological polar surface area (TPSA) is 104 Å². The van der Waals surface area contributed by atoms with Crippen LogP contribution >= 0.6 is 0 Å². The van der Waals surface area contributed by atoms with Gasteiger partial charge in [-0.2, -0.15) is 4.98 Å². The van der Waals surface area contributed by atoms with Crippen molar-refractivity contribution in [1.82, 2.24) is 10.1 Å². The summed E-state index contributed by atoms with van der Waals surface area (Å²) in [5.41, 5.74) is 4.53. The number of oxime groups is 1. The zero-order valence-electron chi connectivity index (χ0n) is 20.4. The number of ether oxygens (including phenoxy) is 1. The van der Waals surface area contributed by atoms with E-state index in [0.717, 1.165) is 24.3 Å². The minimum absolute atomic E-state index is 0.148. The van der Waals surface area contributed by atoms with Gasteiger partial charge in [0.1, 0.15) is 22.2 Å². The van der Waals surface area contributed by atoms with Crippen molar-refractivity contribution >= 4 is 15.5 Å². The van der Waals surface area contributed by atoms with Gasteiger partial charge in [0, 0.05) is 29.4 Å². The molecule has 0 aliphatic carbocycles. The quantitative estimate of drug-likeness (QED) is 0.353. The summed E-state index contributed by atoms with van der Waals surface area (Å²) in [5.74, 6) is 1.40. The molecule has 1 aromatic heterocycles. The Morgan fingerprint density at radius 3 is 2.39 bits per heavy atom. The lowest BCUT2D eigenvalue weighted by molar-refractivity contribution is 0.115. The Balaban J connectivity index is 1.49. The van der Waals surface area contributed by atoms with Gasteiger partial charge in [-0.25, -0.2) is 12.8 Å². The molecule has 1 aliphatic rings. The van der Waals surface area contributed by atoms with Crippen LogP contribution in [0.4, 0.5) is 4.39 Å². The van der Waals surface area contributed by atoms with Crippen molar-refractivity contribution in [3.8, 4) is 17.1 Å². The predicted octanol–water partition coefficient (Wildman–Crippen LogP) is 5.42. The Bertz CT molecular complexity index is 1450. The van der Waals surface area contributed by atoms with E-state index in [9.17, 15) is 12.8 Å². The summed E-state index contributed by atoms with van der Waals surface area (Å²) in [7, 11) is -3.66. The van der Waals surface area contributed by atoms with Gasteiger partial charge in [-0.3, -0.25) is 0 Å². The lowest BCUT2D eigenvalue weighted by Gasteiger charge is -2.20. The van der Waals surface area contributed by atoms with E-state index in [4.69, 9.17) is 14.1 Å². The van der Waals surface area contributed by atoms with Crippen LogP contribution in [-0.4, -0.2) is 36.6 Å². The molecule has 0 saturated heterocycles. The van der Waals surface area contributed by atoms with Gasteiger partial charge in [-0.15, -0.1) is 0 Å². The average molecular weight is 512 g/mol. The van der Waals surface area contributed by atoms with Crippen LogP contribution in [0.2, 0.25) is 0 Å². The van der Waals surface area contributed by atoms with E-state index < -0.39 is 21.8 Å². The van der Waals surface area contributed by atoms with Gasteiger partial charge in [-0.05, 0) is 42.8 Å². The monoisotopic (exact) mass is 511 g/mol. The third kappa shape index (κ3) is 5.72. The number of benzene rings is 2. The van der Waals surface area contributed by atoms with Crippen molar-refractivity contribution < 1.29 is 26.9 Å². The molecule has 36 heavy (non-hydrogen) atoms. The number of hydrogen-bond donors (Lipinski definition) is 0. The van der Waals surface area contributed by atoms with E-state index in [1.54, 1.807) is 6.08 Å². The second-order valence-electron chi connectivity index (χ2n) is 8.67. The van der Waals surface area contributed by atoms with Crippen LogP contribution in [0.1, 0.15) is 51.0 Å². The zero-order chi connectivity index (χ0) is 25.9. The van der Waals surface area contributed by atoms with Crippen LogP contribution in [-0.2, 0) is 14.7 Å². The second-order valence-corrected chi connectivity index (χ2v) is 10.7. The molecule has 1 unspecified atom stereocenters. The van der Waals surface area contributed by atoms with Crippen LogP contribution in [0.5, 0.6) is 5.75 Å². The fraction of sp³-hybridized carbons (Fsp3) is 0.308. The zero-order valence-corrected chi connectivity index (χ0v) is 21.2. The van der Waals surface area contributed by atoms with Gasteiger partial charge in [0.25, 0.3) is 0 Å². The summed E-state index contributed by atoms with van der Waals surface area (Å²) in [4.78, 5) is 9.58. The first-order chi connectivity index (χ1) is 17.2. The highest BCUT2D eigenvalue weighted by Crippen LogP contribution is 2.26. The number of aromatic nitrogens is 2. The van der Waals surface area contributed by atoms with E-state index in [2.05, 4.69) is 21.0 Å². The third-order valence-corrected chi connectivity index (χ3v) is 6.52. The Morgan fingerprint density at radius 2 is 1.83 bits per heavy atom. The van der Waals surface area contributed by atoms with Gasteiger partial charge in [0.2, 0.25) is 17.5 Å². The maximum Gasteiger partial charge on any atom is 0.229 e. The first kappa shape index (κ1) is 25.3. The fourth-order valence-electron chi connectivity index (χ4n) is 3.48. The summed E-state index contributed by atoms with van der Waals surface area (Å²) < 4.78 is 49.0.